The molecule has 0 aliphatic carbocycles. The summed E-state index contributed by atoms with van der Waals surface area (Å²) in [5.74, 6) is -0.286. The Hall–Kier alpha value is -2.18. The average molecular weight is 415 g/mol. The highest BCUT2D eigenvalue weighted by atomic mass is 32.2. The summed E-state index contributed by atoms with van der Waals surface area (Å²) in [5, 5.41) is 3.02. The first-order chi connectivity index (χ1) is 13.9. The lowest BCUT2D eigenvalue weighted by Gasteiger charge is -2.31. The van der Waals surface area contributed by atoms with Gasteiger partial charge in [0.25, 0.3) is 0 Å². The van der Waals surface area contributed by atoms with Crippen LogP contribution in [0.2, 0.25) is 0 Å². The van der Waals surface area contributed by atoms with Gasteiger partial charge in [0.15, 0.2) is 0 Å². The van der Waals surface area contributed by atoms with Gasteiger partial charge in [0.1, 0.15) is 0 Å². The average Bonchev–Trinajstić information content (AvgIpc) is 2.71. The summed E-state index contributed by atoms with van der Waals surface area (Å²) in [5.41, 5.74) is 4.01. The normalized spacial score (nSPS) is 17.8. The highest BCUT2D eigenvalue weighted by Gasteiger charge is 2.32. The Bertz CT molecular complexity index is 922. The second-order valence-corrected chi connectivity index (χ2v) is 9.95. The third-order valence-corrected chi connectivity index (χ3v) is 7.51. The van der Waals surface area contributed by atoms with Crippen LogP contribution >= 0.6 is 0 Å². The zero-order valence-corrected chi connectivity index (χ0v) is 18.0. The Labute approximate surface area is 174 Å². The van der Waals surface area contributed by atoms with Crippen molar-refractivity contribution >= 4 is 21.6 Å². The van der Waals surface area contributed by atoms with Gasteiger partial charge in [-0.05, 0) is 56.2 Å². The number of sulfonamides is 1. The van der Waals surface area contributed by atoms with Gasteiger partial charge >= 0.3 is 0 Å². The van der Waals surface area contributed by atoms with Crippen LogP contribution in [0, 0.1) is 19.8 Å². The Morgan fingerprint density at radius 3 is 2.45 bits per heavy atom. The monoisotopic (exact) mass is 414 g/mol. The van der Waals surface area contributed by atoms with E-state index in [0.717, 1.165) is 28.8 Å². The number of hydrogen-bond acceptors (Lipinski definition) is 3. The molecule has 1 N–H and O–H groups in total. The molecule has 1 amide bonds. The van der Waals surface area contributed by atoms with Gasteiger partial charge in [-0.1, -0.05) is 48.5 Å². The molecule has 1 aliphatic rings. The summed E-state index contributed by atoms with van der Waals surface area (Å²) in [4.78, 5) is 12.8. The van der Waals surface area contributed by atoms with Crippen LogP contribution in [0.15, 0.2) is 48.5 Å². The maximum atomic E-state index is 12.8. The Morgan fingerprint density at radius 2 is 1.76 bits per heavy atom. The molecule has 2 aromatic carbocycles. The fourth-order valence-corrected chi connectivity index (χ4v) is 5.46. The first-order valence-electron chi connectivity index (χ1n) is 10.3. The number of benzene rings is 2. The molecule has 2 aromatic rings. The van der Waals surface area contributed by atoms with Crippen LogP contribution in [0.3, 0.4) is 0 Å². The third kappa shape index (κ3) is 5.67. The van der Waals surface area contributed by atoms with Gasteiger partial charge in [0.2, 0.25) is 15.9 Å². The fourth-order valence-electron chi connectivity index (χ4n) is 3.88. The molecule has 0 bridgehead atoms. The number of nitrogens with zero attached hydrogens (tertiary/aromatic N) is 1. The fraction of sp³-hybridized carbons (Fsp3) is 0.435. The Kier molecular flexibility index (Phi) is 7.09. The summed E-state index contributed by atoms with van der Waals surface area (Å²) >= 11 is 0. The molecule has 1 heterocycles. The lowest BCUT2D eigenvalue weighted by atomic mass is 9.98. The van der Waals surface area contributed by atoms with Crippen molar-refractivity contribution in [3.8, 4) is 0 Å². The van der Waals surface area contributed by atoms with Crippen LogP contribution in [0.25, 0.3) is 0 Å². The predicted octanol–water partition coefficient (Wildman–Crippen LogP) is 3.92. The number of carbonyl (C=O) groups excluding carboxylic acids is 1. The minimum Gasteiger partial charge on any atom is -0.325 e. The molecule has 1 unspecified atom stereocenters. The zero-order valence-electron chi connectivity index (χ0n) is 17.2. The lowest BCUT2D eigenvalue weighted by Crippen LogP contribution is -2.44. The molecule has 3 rings (SSSR count). The van der Waals surface area contributed by atoms with E-state index < -0.39 is 10.0 Å². The molecule has 1 aliphatic heterocycles. The van der Waals surface area contributed by atoms with E-state index in [-0.39, 0.29) is 24.1 Å². The van der Waals surface area contributed by atoms with Crippen molar-refractivity contribution in [1.29, 1.82) is 0 Å². The number of carbonyl (C=O) groups is 1. The van der Waals surface area contributed by atoms with Gasteiger partial charge in [-0.25, -0.2) is 12.7 Å². The van der Waals surface area contributed by atoms with Gasteiger partial charge < -0.3 is 5.32 Å². The van der Waals surface area contributed by atoms with Crippen LogP contribution in [-0.2, 0) is 21.2 Å². The standard InChI is InChI=1S/C23H30N2O3S/c1-18-9-6-10-19(2)22(18)24-23(26)21-14-7-15-25(17-21)29(27,28)16-8-13-20-11-4-3-5-12-20/h3-6,9-12,21H,7-8,13-17H2,1-2H3,(H,24,26). The molecular formula is C23H30N2O3S. The minimum absolute atomic E-state index is 0.0911. The van der Waals surface area contributed by atoms with Gasteiger partial charge in [-0.15, -0.1) is 0 Å². The van der Waals surface area contributed by atoms with Crippen molar-refractivity contribution in [2.24, 2.45) is 5.92 Å². The van der Waals surface area contributed by atoms with E-state index >= 15 is 0 Å². The molecule has 0 radical (unpaired) electrons. The first kappa shape index (κ1) is 21.5. The number of hydrogen-bond donors (Lipinski definition) is 1. The van der Waals surface area contributed by atoms with Crippen LogP contribution in [0.4, 0.5) is 5.69 Å². The second kappa shape index (κ2) is 9.55. The van der Waals surface area contributed by atoms with Crippen molar-refractivity contribution in [3.63, 3.8) is 0 Å². The van der Waals surface area contributed by atoms with Gasteiger partial charge in [0, 0.05) is 18.8 Å². The second-order valence-electron chi connectivity index (χ2n) is 7.86. The molecular weight excluding hydrogens is 384 g/mol. The van der Waals surface area contributed by atoms with Crippen molar-refractivity contribution in [2.45, 2.75) is 39.5 Å². The number of nitrogens with one attached hydrogen (secondary N) is 1. The van der Waals surface area contributed by atoms with Crippen molar-refractivity contribution < 1.29 is 13.2 Å². The van der Waals surface area contributed by atoms with Crippen LogP contribution in [0.5, 0.6) is 0 Å². The number of rotatable bonds is 7. The van der Waals surface area contributed by atoms with Crippen LogP contribution < -0.4 is 5.32 Å². The number of piperidine rings is 1. The molecule has 0 saturated carbocycles. The zero-order chi connectivity index (χ0) is 20.9. The summed E-state index contributed by atoms with van der Waals surface area (Å²) < 4.78 is 27.1. The maximum absolute atomic E-state index is 12.8. The smallest absolute Gasteiger partial charge is 0.228 e. The van der Waals surface area contributed by atoms with Crippen molar-refractivity contribution in [3.05, 3.63) is 65.2 Å². The lowest BCUT2D eigenvalue weighted by molar-refractivity contribution is -0.120. The first-order valence-corrected chi connectivity index (χ1v) is 11.9. The van der Waals surface area contributed by atoms with Crippen molar-refractivity contribution in [1.82, 2.24) is 4.31 Å². The Morgan fingerprint density at radius 1 is 1.07 bits per heavy atom. The number of aryl methyl sites for hydroxylation is 3. The summed E-state index contributed by atoms with van der Waals surface area (Å²) in [7, 11) is -3.36. The highest BCUT2D eigenvalue weighted by molar-refractivity contribution is 7.89. The third-order valence-electron chi connectivity index (χ3n) is 5.59. The van der Waals surface area contributed by atoms with Crippen molar-refractivity contribution in [2.75, 3.05) is 24.2 Å². The van der Waals surface area contributed by atoms with Gasteiger partial charge in [-0.2, -0.15) is 0 Å². The number of anilines is 1. The molecule has 156 valence electrons. The molecule has 29 heavy (non-hydrogen) atoms. The van der Waals surface area contributed by atoms with E-state index in [1.54, 1.807) is 0 Å². The van der Waals surface area contributed by atoms with E-state index in [9.17, 15) is 13.2 Å². The van der Waals surface area contributed by atoms with E-state index in [0.29, 0.717) is 25.8 Å². The highest BCUT2D eigenvalue weighted by Crippen LogP contribution is 2.24. The predicted molar refractivity (Wildman–Crippen MR) is 117 cm³/mol. The molecule has 1 saturated heterocycles. The van der Waals surface area contributed by atoms with Crippen LogP contribution in [-0.4, -0.2) is 37.5 Å². The summed E-state index contributed by atoms with van der Waals surface area (Å²) in [6, 6.07) is 15.8. The Balaban J connectivity index is 1.58. The largest absolute Gasteiger partial charge is 0.325 e. The van der Waals surface area contributed by atoms with E-state index in [1.165, 1.54) is 4.31 Å². The molecule has 0 spiro atoms. The van der Waals surface area contributed by atoms with Gasteiger partial charge in [0.05, 0.1) is 11.7 Å². The quantitative estimate of drug-likeness (QED) is 0.747. The topological polar surface area (TPSA) is 66.5 Å². The van der Waals surface area contributed by atoms with E-state index in [1.807, 2.05) is 62.4 Å². The van der Waals surface area contributed by atoms with Gasteiger partial charge in [-0.3, -0.25) is 4.79 Å². The summed E-state index contributed by atoms with van der Waals surface area (Å²) in [6.07, 6.45) is 2.75. The molecule has 5 nitrogen and oxygen atoms in total. The minimum atomic E-state index is -3.36. The molecule has 1 atom stereocenters. The SMILES string of the molecule is Cc1cccc(C)c1NC(=O)C1CCCN(S(=O)(=O)CCCc2ccccc2)C1. The summed E-state index contributed by atoms with van der Waals surface area (Å²) in [6.45, 7) is 4.70. The van der Waals surface area contributed by atoms with Crippen LogP contribution in [0.1, 0.15) is 36.0 Å². The number of para-hydroxylation sites is 1. The van der Waals surface area contributed by atoms with E-state index in [4.69, 9.17) is 0 Å². The maximum Gasteiger partial charge on any atom is 0.228 e. The number of amides is 1. The molecule has 0 aromatic heterocycles. The van der Waals surface area contributed by atoms with E-state index in [2.05, 4.69) is 5.32 Å². The molecule has 1 fully saturated rings. The molecule has 6 heteroatoms.